The highest BCUT2D eigenvalue weighted by molar-refractivity contribution is 4.61. The first-order valence-corrected chi connectivity index (χ1v) is 8.71. The molecule has 2 atom stereocenters. The van der Waals surface area contributed by atoms with Gasteiger partial charge in [-0.15, -0.1) is 0 Å². The number of rotatable bonds is 0. The SMILES string of the molecule is C1COCCCN2CCOCCOCCN(C1)CCOCC2. The Kier molecular flexibility index (Phi) is 10.1. The van der Waals surface area contributed by atoms with Gasteiger partial charge in [-0.05, 0) is 12.8 Å². The first kappa shape index (κ1) is 18.1. The van der Waals surface area contributed by atoms with Crippen molar-refractivity contribution in [3.63, 3.8) is 0 Å². The molecule has 0 aromatic heterocycles. The molecule has 2 rings (SSSR count). The van der Waals surface area contributed by atoms with E-state index in [2.05, 4.69) is 9.80 Å². The molecule has 0 amide bonds. The minimum Gasteiger partial charge on any atom is -0.381 e. The van der Waals surface area contributed by atoms with Crippen molar-refractivity contribution < 1.29 is 18.9 Å². The average molecular weight is 316 g/mol. The molecule has 130 valence electrons. The van der Waals surface area contributed by atoms with Crippen molar-refractivity contribution in [2.45, 2.75) is 12.8 Å². The van der Waals surface area contributed by atoms with Crippen molar-refractivity contribution in [2.75, 3.05) is 92.1 Å². The summed E-state index contributed by atoms with van der Waals surface area (Å²) in [5, 5.41) is 0. The highest BCUT2D eigenvalue weighted by Gasteiger charge is 2.09. The van der Waals surface area contributed by atoms with Crippen LogP contribution in [-0.2, 0) is 18.9 Å². The second-order valence-electron chi connectivity index (χ2n) is 5.84. The molecule has 22 heavy (non-hydrogen) atoms. The Labute approximate surface area is 134 Å². The first-order valence-electron chi connectivity index (χ1n) is 8.71. The molecule has 0 N–H and O–H groups in total. The van der Waals surface area contributed by atoms with Crippen molar-refractivity contribution in [1.82, 2.24) is 9.80 Å². The third kappa shape index (κ3) is 8.41. The maximum absolute atomic E-state index is 5.82. The summed E-state index contributed by atoms with van der Waals surface area (Å²) >= 11 is 0. The molecule has 2 unspecified atom stereocenters. The summed E-state index contributed by atoms with van der Waals surface area (Å²) in [6.07, 6.45) is 2.15. The zero-order chi connectivity index (χ0) is 15.3. The van der Waals surface area contributed by atoms with Crippen LogP contribution in [0.4, 0.5) is 0 Å². The lowest BCUT2D eigenvalue weighted by Crippen LogP contribution is -2.35. The van der Waals surface area contributed by atoms with E-state index >= 15 is 0 Å². The van der Waals surface area contributed by atoms with Crippen molar-refractivity contribution in [3.8, 4) is 0 Å². The Morgan fingerprint density at radius 2 is 0.727 bits per heavy atom. The second-order valence-corrected chi connectivity index (χ2v) is 5.84. The fourth-order valence-corrected chi connectivity index (χ4v) is 2.75. The molecule has 2 heterocycles. The van der Waals surface area contributed by atoms with Gasteiger partial charge >= 0.3 is 0 Å². The molecule has 6 heteroatoms. The third-order valence-electron chi connectivity index (χ3n) is 4.11. The molecule has 2 aliphatic heterocycles. The zero-order valence-electron chi connectivity index (χ0n) is 13.8. The van der Waals surface area contributed by atoms with E-state index in [9.17, 15) is 0 Å². The predicted molar refractivity (Wildman–Crippen MR) is 85.4 cm³/mol. The van der Waals surface area contributed by atoms with Crippen LogP contribution in [-0.4, -0.2) is 102 Å². The number of hydrogen-bond donors (Lipinski definition) is 0. The van der Waals surface area contributed by atoms with Gasteiger partial charge in [-0.3, -0.25) is 9.80 Å². The van der Waals surface area contributed by atoms with Gasteiger partial charge in [-0.2, -0.15) is 0 Å². The van der Waals surface area contributed by atoms with Crippen molar-refractivity contribution in [2.24, 2.45) is 0 Å². The zero-order valence-corrected chi connectivity index (χ0v) is 13.8. The van der Waals surface area contributed by atoms with Crippen LogP contribution in [0.1, 0.15) is 12.8 Å². The van der Waals surface area contributed by atoms with Crippen LogP contribution in [0.3, 0.4) is 0 Å². The van der Waals surface area contributed by atoms with Gasteiger partial charge in [-0.1, -0.05) is 0 Å². The van der Waals surface area contributed by atoms with Gasteiger partial charge < -0.3 is 18.9 Å². The van der Waals surface area contributed by atoms with Crippen LogP contribution in [0.25, 0.3) is 0 Å². The Balaban J connectivity index is 1.88. The third-order valence-corrected chi connectivity index (χ3v) is 4.11. The summed E-state index contributed by atoms with van der Waals surface area (Å²) in [6, 6.07) is 0. The Bertz CT molecular complexity index is 245. The monoisotopic (exact) mass is 316 g/mol. The minimum atomic E-state index is 0.688. The fraction of sp³-hybridized carbons (Fsp3) is 1.00. The molecule has 0 aliphatic carbocycles. The quantitative estimate of drug-likeness (QED) is 0.605. The normalized spacial score (nSPS) is 31.6. The summed E-state index contributed by atoms with van der Waals surface area (Å²) < 4.78 is 22.9. The molecular weight excluding hydrogens is 284 g/mol. The van der Waals surface area contributed by atoms with Crippen LogP contribution < -0.4 is 0 Å². The Morgan fingerprint density at radius 1 is 0.364 bits per heavy atom. The van der Waals surface area contributed by atoms with E-state index in [1.807, 2.05) is 0 Å². The molecule has 2 saturated heterocycles. The standard InChI is InChI=1S/C16H32N2O4/c1-3-17-5-11-20-12-6-18(4-2-10-19-9-1)8-14-22-16-15-21-13-7-17/h1-16H2. The molecule has 0 spiro atoms. The molecule has 2 bridgehead atoms. The topological polar surface area (TPSA) is 43.4 Å². The number of fused-ring (bicyclic) bond motifs is 6. The average Bonchev–Trinajstić information content (AvgIpc) is 2.53. The summed E-state index contributed by atoms with van der Waals surface area (Å²) in [7, 11) is 0. The predicted octanol–water partition coefficient (Wildman–Crippen LogP) is 0.464. The Morgan fingerprint density at radius 3 is 1.18 bits per heavy atom. The van der Waals surface area contributed by atoms with E-state index in [1.54, 1.807) is 0 Å². The molecule has 0 aromatic carbocycles. The molecule has 2 fully saturated rings. The largest absolute Gasteiger partial charge is 0.381 e. The molecule has 0 saturated carbocycles. The molecule has 2 aliphatic rings. The molecular formula is C16H32N2O4. The van der Waals surface area contributed by atoms with E-state index in [0.29, 0.717) is 13.2 Å². The van der Waals surface area contributed by atoms with Crippen LogP contribution in [0.15, 0.2) is 0 Å². The highest BCUT2D eigenvalue weighted by atomic mass is 16.5. The van der Waals surface area contributed by atoms with Crippen LogP contribution in [0.2, 0.25) is 0 Å². The lowest BCUT2D eigenvalue weighted by molar-refractivity contribution is 0.0324. The molecule has 0 aromatic rings. The lowest BCUT2D eigenvalue weighted by atomic mass is 10.3. The van der Waals surface area contributed by atoms with Crippen molar-refractivity contribution >= 4 is 0 Å². The number of nitrogens with zero attached hydrogens (tertiary/aromatic N) is 2. The van der Waals surface area contributed by atoms with Gasteiger partial charge in [-0.25, -0.2) is 0 Å². The van der Waals surface area contributed by atoms with Crippen LogP contribution in [0, 0.1) is 0 Å². The maximum Gasteiger partial charge on any atom is 0.0701 e. The summed E-state index contributed by atoms with van der Waals surface area (Å²) in [5.74, 6) is 0. The molecule has 0 radical (unpaired) electrons. The van der Waals surface area contributed by atoms with E-state index < -0.39 is 0 Å². The number of hydrogen-bond acceptors (Lipinski definition) is 6. The van der Waals surface area contributed by atoms with Crippen LogP contribution in [0.5, 0.6) is 0 Å². The Hall–Kier alpha value is -0.240. The van der Waals surface area contributed by atoms with Gasteiger partial charge in [0.15, 0.2) is 0 Å². The smallest absolute Gasteiger partial charge is 0.0701 e. The van der Waals surface area contributed by atoms with Crippen molar-refractivity contribution in [1.29, 1.82) is 0 Å². The van der Waals surface area contributed by atoms with E-state index in [4.69, 9.17) is 18.9 Å². The van der Waals surface area contributed by atoms with Gasteiger partial charge in [0.25, 0.3) is 0 Å². The van der Waals surface area contributed by atoms with Gasteiger partial charge in [0.1, 0.15) is 0 Å². The van der Waals surface area contributed by atoms with Gasteiger partial charge in [0.2, 0.25) is 0 Å². The minimum absolute atomic E-state index is 0.688. The van der Waals surface area contributed by atoms with Gasteiger partial charge in [0, 0.05) is 52.5 Å². The first-order chi connectivity index (χ1) is 10.9. The van der Waals surface area contributed by atoms with Gasteiger partial charge in [0.05, 0.1) is 39.6 Å². The maximum atomic E-state index is 5.82. The fourth-order valence-electron chi connectivity index (χ4n) is 2.75. The lowest BCUT2D eigenvalue weighted by Gasteiger charge is -2.24. The highest BCUT2D eigenvalue weighted by Crippen LogP contribution is 1.99. The summed E-state index contributed by atoms with van der Waals surface area (Å²) in [5.41, 5.74) is 0. The van der Waals surface area contributed by atoms with Crippen molar-refractivity contribution in [3.05, 3.63) is 0 Å². The second kappa shape index (κ2) is 12.2. The summed E-state index contributed by atoms with van der Waals surface area (Å²) in [4.78, 5) is 4.82. The molecule has 6 nitrogen and oxygen atoms in total. The van der Waals surface area contributed by atoms with E-state index in [1.165, 1.54) is 0 Å². The van der Waals surface area contributed by atoms with E-state index in [0.717, 1.165) is 91.8 Å². The van der Waals surface area contributed by atoms with Crippen LogP contribution >= 0.6 is 0 Å². The number of ether oxygens (including phenoxy) is 4. The summed E-state index contributed by atoms with van der Waals surface area (Å²) in [6.45, 7) is 12.1. The van der Waals surface area contributed by atoms with E-state index in [-0.39, 0.29) is 0 Å².